The minimum atomic E-state index is 0.493. The van der Waals surface area contributed by atoms with Crippen molar-refractivity contribution in [2.75, 3.05) is 6.54 Å². The van der Waals surface area contributed by atoms with Crippen molar-refractivity contribution in [1.29, 1.82) is 0 Å². The maximum Gasteiger partial charge on any atom is 0.110 e. The molecular weight excluding hydrogens is 280 g/mol. The molecule has 3 rings (SSSR count). The largest absolute Gasteiger partial charge is 0.290 e. The first kappa shape index (κ1) is 14.7. The second kappa shape index (κ2) is 6.71. The second-order valence-corrected chi connectivity index (χ2v) is 6.76. The number of piperidine rings is 1. The first-order valence-corrected chi connectivity index (χ1v) is 8.82. The Morgan fingerprint density at radius 3 is 3.05 bits per heavy atom. The van der Waals surface area contributed by atoms with E-state index in [1.807, 2.05) is 6.20 Å². The molecule has 5 heteroatoms. The number of hydrogen-bond acceptors (Lipinski definition) is 4. The standard InChI is InChI=1S/C16H24N4S/c1-3-8-20-13(2)14(11-18-20)12-19-9-5-4-6-15(19)16-17-7-10-21-16/h7,10-11,15H,3-6,8-9,12H2,1-2H3. The first-order chi connectivity index (χ1) is 10.3. The van der Waals surface area contributed by atoms with Gasteiger partial charge in [0.15, 0.2) is 0 Å². The molecule has 1 atom stereocenters. The van der Waals surface area contributed by atoms with Crippen LogP contribution in [0.4, 0.5) is 0 Å². The van der Waals surface area contributed by atoms with Crippen molar-refractivity contribution in [2.45, 2.75) is 58.7 Å². The molecule has 0 aliphatic carbocycles. The molecule has 0 N–H and O–H groups in total. The average molecular weight is 304 g/mol. The van der Waals surface area contributed by atoms with E-state index in [-0.39, 0.29) is 0 Å². The summed E-state index contributed by atoms with van der Waals surface area (Å²) in [6.45, 7) is 7.58. The average Bonchev–Trinajstić information content (AvgIpc) is 3.13. The molecule has 1 aliphatic rings. The fraction of sp³-hybridized carbons (Fsp3) is 0.625. The normalized spacial score (nSPS) is 20.0. The smallest absolute Gasteiger partial charge is 0.110 e. The molecule has 21 heavy (non-hydrogen) atoms. The van der Waals surface area contributed by atoms with Gasteiger partial charge in [-0.2, -0.15) is 5.10 Å². The van der Waals surface area contributed by atoms with E-state index >= 15 is 0 Å². The van der Waals surface area contributed by atoms with Crippen molar-refractivity contribution in [3.05, 3.63) is 34.0 Å². The van der Waals surface area contributed by atoms with Gasteiger partial charge in [0.2, 0.25) is 0 Å². The minimum absolute atomic E-state index is 0.493. The summed E-state index contributed by atoms with van der Waals surface area (Å²) in [6.07, 6.45) is 8.96. The molecule has 1 unspecified atom stereocenters. The fourth-order valence-electron chi connectivity index (χ4n) is 3.16. The van der Waals surface area contributed by atoms with Gasteiger partial charge in [0, 0.05) is 35.9 Å². The Labute approximate surface area is 130 Å². The lowest BCUT2D eigenvalue weighted by Crippen LogP contribution is -2.33. The van der Waals surface area contributed by atoms with Crippen LogP contribution < -0.4 is 0 Å². The summed E-state index contributed by atoms with van der Waals surface area (Å²) in [5, 5.41) is 7.90. The summed E-state index contributed by atoms with van der Waals surface area (Å²) in [5.74, 6) is 0. The van der Waals surface area contributed by atoms with Crippen LogP contribution in [-0.2, 0) is 13.1 Å². The van der Waals surface area contributed by atoms with Crippen molar-refractivity contribution >= 4 is 11.3 Å². The number of thiazole rings is 1. The van der Waals surface area contributed by atoms with Gasteiger partial charge in [-0.05, 0) is 32.7 Å². The summed E-state index contributed by atoms with van der Waals surface area (Å²) in [5.41, 5.74) is 2.69. The van der Waals surface area contributed by atoms with E-state index < -0.39 is 0 Å². The Morgan fingerprint density at radius 1 is 1.38 bits per heavy atom. The maximum atomic E-state index is 4.54. The Morgan fingerprint density at radius 2 is 2.29 bits per heavy atom. The van der Waals surface area contributed by atoms with E-state index in [0.717, 1.165) is 19.5 Å². The third-order valence-corrected chi connectivity index (χ3v) is 5.24. The van der Waals surface area contributed by atoms with Crippen LogP contribution in [0.25, 0.3) is 0 Å². The molecule has 3 heterocycles. The lowest BCUT2D eigenvalue weighted by molar-refractivity contribution is 0.140. The SMILES string of the molecule is CCCn1ncc(CN2CCCCC2c2nccs2)c1C. The highest BCUT2D eigenvalue weighted by molar-refractivity contribution is 7.09. The van der Waals surface area contributed by atoms with E-state index in [9.17, 15) is 0 Å². The number of rotatable bonds is 5. The van der Waals surface area contributed by atoms with Gasteiger partial charge in [0.1, 0.15) is 5.01 Å². The van der Waals surface area contributed by atoms with E-state index in [4.69, 9.17) is 0 Å². The minimum Gasteiger partial charge on any atom is -0.290 e. The van der Waals surface area contributed by atoms with Gasteiger partial charge in [-0.3, -0.25) is 9.58 Å². The highest BCUT2D eigenvalue weighted by atomic mass is 32.1. The van der Waals surface area contributed by atoms with Gasteiger partial charge in [-0.1, -0.05) is 13.3 Å². The zero-order chi connectivity index (χ0) is 14.7. The van der Waals surface area contributed by atoms with E-state index in [2.05, 4.69) is 45.1 Å². The van der Waals surface area contributed by atoms with Crippen molar-refractivity contribution < 1.29 is 0 Å². The van der Waals surface area contributed by atoms with E-state index in [1.54, 1.807) is 11.3 Å². The summed E-state index contributed by atoms with van der Waals surface area (Å²) in [6, 6.07) is 0.493. The molecule has 0 aromatic carbocycles. The fourth-order valence-corrected chi connectivity index (χ4v) is 3.96. The van der Waals surface area contributed by atoms with Crippen molar-refractivity contribution in [2.24, 2.45) is 0 Å². The topological polar surface area (TPSA) is 34.0 Å². The number of likely N-dealkylation sites (tertiary alicyclic amines) is 1. The Bertz CT molecular complexity index is 561. The molecular formula is C16H24N4S. The van der Waals surface area contributed by atoms with Crippen molar-refractivity contribution in [1.82, 2.24) is 19.7 Å². The van der Waals surface area contributed by atoms with Crippen molar-refractivity contribution in [3.63, 3.8) is 0 Å². The number of nitrogens with zero attached hydrogens (tertiary/aromatic N) is 4. The third kappa shape index (κ3) is 3.19. The van der Waals surface area contributed by atoms with Gasteiger partial charge in [0.25, 0.3) is 0 Å². The van der Waals surface area contributed by atoms with Crippen LogP contribution in [0.5, 0.6) is 0 Å². The second-order valence-electron chi connectivity index (χ2n) is 5.83. The van der Waals surface area contributed by atoms with Gasteiger partial charge in [-0.25, -0.2) is 4.98 Å². The first-order valence-electron chi connectivity index (χ1n) is 7.94. The summed E-state index contributed by atoms with van der Waals surface area (Å²) in [7, 11) is 0. The zero-order valence-electron chi connectivity index (χ0n) is 13.0. The molecule has 1 fully saturated rings. The highest BCUT2D eigenvalue weighted by Gasteiger charge is 2.26. The maximum absolute atomic E-state index is 4.54. The number of hydrogen-bond donors (Lipinski definition) is 0. The molecule has 0 bridgehead atoms. The van der Waals surface area contributed by atoms with Crippen LogP contribution in [0, 0.1) is 6.92 Å². The lowest BCUT2D eigenvalue weighted by atomic mass is 10.0. The molecule has 4 nitrogen and oxygen atoms in total. The predicted molar refractivity (Wildman–Crippen MR) is 86.4 cm³/mol. The summed E-state index contributed by atoms with van der Waals surface area (Å²) in [4.78, 5) is 7.13. The summed E-state index contributed by atoms with van der Waals surface area (Å²) >= 11 is 1.79. The molecule has 0 spiro atoms. The highest BCUT2D eigenvalue weighted by Crippen LogP contribution is 2.33. The number of aryl methyl sites for hydroxylation is 1. The molecule has 2 aromatic rings. The van der Waals surface area contributed by atoms with Crippen LogP contribution in [0.15, 0.2) is 17.8 Å². The van der Waals surface area contributed by atoms with E-state index in [0.29, 0.717) is 6.04 Å². The predicted octanol–water partition coefficient (Wildman–Crippen LogP) is 3.79. The van der Waals surface area contributed by atoms with Crippen LogP contribution in [0.2, 0.25) is 0 Å². The third-order valence-electron chi connectivity index (χ3n) is 4.36. The van der Waals surface area contributed by atoms with Crippen LogP contribution in [0.1, 0.15) is 54.9 Å². The zero-order valence-corrected chi connectivity index (χ0v) is 13.8. The number of aromatic nitrogens is 3. The lowest BCUT2D eigenvalue weighted by Gasteiger charge is -2.34. The quantitative estimate of drug-likeness (QED) is 0.843. The van der Waals surface area contributed by atoms with Crippen molar-refractivity contribution in [3.8, 4) is 0 Å². The monoisotopic (exact) mass is 304 g/mol. The van der Waals surface area contributed by atoms with Crippen LogP contribution >= 0.6 is 11.3 Å². The molecule has 0 saturated carbocycles. The molecule has 1 saturated heterocycles. The van der Waals surface area contributed by atoms with Gasteiger partial charge in [-0.15, -0.1) is 11.3 Å². The molecule has 2 aromatic heterocycles. The Hall–Kier alpha value is -1.20. The Kier molecular flexibility index (Phi) is 4.70. The Balaban J connectivity index is 1.75. The van der Waals surface area contributed by atoms with Crippen LogP contribution in [0.3, 0.4) is 0 Å². The molecule has 0 amide bonds. The molecule has 1 aliphatic heterocycles. The van der Waals surface area contributed by atoms with Gasteiger partial charge >= 0.3 is 0 Å². The van der Waals surface area contributed by atoms with Gasteiger partial charge in [0.05, 0.1) is 12.2 Å². The van der Waals surface area contributed by atoms with E-state index in [1.165, 1.54) is 42.1 Å². The summed E-state index contributed by atoms with van der Waals surface area (Å²) < 4.78 is 2.14. The molecule has 114 valence electrons. The van der Waals surface area contributed by atoms with Crippen LogP contribution in [-0.4, -0.2) is 26.2 Å². The molecule has 0 radical (unpaired) electrons. The van der Waals surface area contributed by atoms with Gasteiger partial charge < -0.3 is 0 Å².